The molecule has 0 amide bonds. The van der Waals surface area contributed by atoms with Crippen molar-refractivity contribution in [2.75, 3.05) is 6.61 Å². The van der Waals surface area contributed by atoms with Crippen LogP contribution in [0.5, 0.6) is 0 Å². The molecule has 0 aromatic carbocycles. The summed E-state index contributed by atoms with van der Waals surface area (Å²) in [4.78, 5) is 0. The van der Waals surface area contributed by atoms with Gasteiger partial charge < -0.3 is 9.67 Å². The fraction of sp³-hybridized carbons (Fsp3) is 0.250. The predicted molar refractivity (Wildman–Crippen MR) is 39.6 cm³/mol. The molecule has 2 heteroatoms. The van der Waals surface area contributed by atoms with Gasteiger partial charge in [-0.2, -0.15) is 0 Å². The van der Waals surface area contributed by atoms with Gasteiger partial charge in [-0.3, -0.25) is 0 Å². The lowest BCUT2D eigenvalue weighted by Gasteiger charge is -2.01. The standard InChI is InChI=1S/C8H9NO/c10-6-7-3-5-9-4-1-2-8(7)9/h1-5,7,10H,6H2. The third-order valence-electron chi connectivity index (χ3n) is 1.87. The largest absolute Gasteiger partial charge is 0.395 e. The highest BCUT2D eigenvalue weighted by atomic mass is 16.3. The van der Waals surface area contributed by atoms with Crippen LogP contribution >= 0.6 is 0 Å². The third kappa shape index (κ3) is 0.625. The van der Waals surface area contributed by atoms with Gasteiger partial charge in [-0.1, -0.05) is 6.08 Å². The second kappa shape index (κ2) is 1.99. The average molecular weight is 135 g/mol. The van der Waals surface area contributed by atoms with Gasteiger partial charge >= 0.3 is 0 Å². The monoisotopic (exact) mass is 135 g/mol. The molecule has 0 bridgehead atoms. The molecule has 2 rings (SSSR count). The Morgan fingerprint density at radius 2 is 2.50 bits per heavy atom. The van der Waals surface area contributed by atoms with E-state index in [9.17, 15) is 0 Å². The number of nitrogens with zero attached hydrogens (tertiary/aromatic N) is 1. The zero-order valence-electron chi connectivity index (χ0n) is 5.57. The maximum Gasteiger partial charge on any atom is 0.0549 e. The van der Waals surface area contributed by atoms with Crippen molar-refractivity contribution in [3.63, 3.8) is 0 Å². The highest BCUT2D eigenvalue weighted by Crippen LogP contribution is 2.23. The number of aliphatic hydroxyl groups excluding tert-OH is 1. The second-order valence-corrected chi connectivity index (χ2v) is 2.47. The minimum absolute atomic E-state index is 0.209. The van der Waals surface area contributed by atoms with Gasteiger partial charge in [-0.25, -0.2) is 0 Å². The van der Waals surface area contributed by atoms with Crippen LogP contribution in [0.25, 0.3) is 6.20 Å². The van der Waals surface area contributed by atoms with Gasteiger partial charge in [0.05, 0.1) is 6.61 Å². The first-order valence-electron chi connectivity index (χ1n) is 3.38. The van der Waals surface area contributed by atoms with E-state index >= 15 is 0 Å². The van der Waals surface area contributed by atoms with Gasteiger partial charge in [0.2, 0.25) is 0 Å². The van der Waals surface area contributed by atoms with E-state index in [-0.39, 0.29) is 12.5 Å². The normalized spacial score (nSPS) is 21.5. The molecule has 1 aromatic heterocycles. The van der Waals surface area contributed by atoms with E-state index in [2.05, 4.69) is 0 Å². The third-order valence-corrected chi connectivity index (χ3v) is 1.87. The van der Waals surface area contributed by atoms with E-state index in [4.69, 9.17) is 5.11 Å². The Bertz CT molecular complexity index is 262. The molecule has 1 aliphatic rings. The maximum absolute atomic E-state index is 8.87. The highest BCUT2D eigenvalue weighted by molar-refractivity contribution is 5.41. The summed E-state index contributed by atoms with van der Waals surface area (Å²) in [6.45, 7) is 0.209. The molecule has 0 saturated carbocycles. The topological polar surface area (TPSA) is 25.2 Å². The van der Waals surface area contributed by atoms with E-state index in [1.165, 1.54) is 5.69 Å². The first-order valence-corrected chi connectivity index (χ1v) is 3.38. The maximum atomic E-state index is 8.87. The molecular formula is C8H9NO. The van der Waals surface area contributed by atoms with E-state index in [1.54, 1.807) is 0 Å². The molecule has 0 fully saturated rings. The molecule has 0 aliphatic carbocycles. The molecule has 1 atom stereocenters. The molecule has 0 spiro atoms. The molecule has 0 radical (unpaired) electrons. The zero-order valence-corrected chi connectivity index (χ0v) is 5.57. The molecule has 2 heterocycles. The van der Waals surface area contributed by atoms with E-state index in [0.717, 1.165) is 0 Å². The van der Waals surface area contributed by atoms with Crippen LogP contribution in [0.15, 0.2) is 24.4 Å². The van der Waals surface area contributed by atoms with Crippen molar-refractivity contribution in [3.05, 3.63) is 30.1 Å². The minimum atomic E-state index is 0.209. The molecule has 1 aromatic rings. The van der Waals surface area contributed by atoms with Crippen molar-refractivity contribution in [1.82, 2.24) is 4.57 Å². The Balaban J connectivity index is 2.43. The van der Waals surface area contributed by atoms with Crippen molar-refractivity contribution in [2.45, 2.75) is 5.92 Å². The Morgan fingerprint density at radius 1 is 1.60 bits per heavy atom. The SMILES string of the molecule is OCC1C=Cn2cccc21. The summed E-state index contributed by atoms with van der Waals surface area (Å²) in [5.41, 5.74) is 1.18. The molecule has 52 valence electrons. The molecule has 1 unspecified atom stereocenters. The summed E-state index contributed by atoms with van der Waals surface area (Å²) in [5.74, 6) is 0.218. The molecule has 1 aliphatic heterocycles. The van der Waals surface area contributed by atoms with Crippen molar-refractivity contribution in [1.29, 1.82) is 0 Å². The van der Waals surface area contributed by atoms with Crippen LogP contribution < -0.4 is 0 Å². The Morgan fingerprint density at radius 3 is 3.30 bits per heavy atom. The summed E-state index contributed by atoms with van der Waals surface area (Å²) >= 11 is 0. The van der Waals surface area contributed by atoms with Gasteiger partial charge in [-0.05, 0) is 12.1 Å². The summed E-state index contributed by atoms with van der Waals surface area (Å²) in [7, 11) is 0. The number of aromatic nitrogens is 1. The number of rotatable bonds is 1. The molecule has 2 nitrogen and oxygen atoms in total. The Kier molecular flexibility index (Phi) is 1.14. The van der Waals surface area contributed by atoms with Gasteiger partial charge in [0.15, 0.2) is 0 Å². The number of hydrogen-bond acceptors (Lipinski definition) is 1. The van der Waals surface area contributed by atoms with E-state index in [0.29, 0.717) is 0 Å². The van der Waals surface area contributed by atoms with Crippen LogP contribution in [0.1, 0.15) is 11.6 Å². The number of aliphatic hydroxyl groups is 1. The van der Waals surface area contributed by atoms with Crippen LogP contribution in [-0.2, 0) is 0 Å². The second-order valence-electron chi connectivity index (χ2n) is 2.47. The smallest absolute Gasteiger partial charge is 0.0549 e. The average Bonchev–Trinajstić information content (AvgIpc) is 2.44. The predicted octanol–water partition coefficient (Wildman–Crippen LogP) is 1.05. The summed E-state index contributed by atoms with van der Waals surface area (Å²) in [6.07, 6.45) is 5.98. The van der Waals surface area contributed by atoms with Crippen molar-refractivity contribution < 1.29 is 5.11 Å². The number of hydrogen-bond donors (Lipinski definition) is 1. The van der Waals surface area contributed by atoms with Gasteiger partial charge in [0.1, 0.15) is 0 Å². The lowest BCUT2D eigenvalue weighted by atomic mass is 10.1. The minimum Gasteiger partial charge on any atom is -0.395 e. The molecule has 10 heavy (non-hydrogen) atoms. The quantitative estimate of drug-likeness (QED) is 0.611. The highest BCUT2D eigenvalue weighted by Gasteiger charge is 2.14. The molecule has 0 saturated heterocycles. The van der Waals surface area contributed by atoms with Crippen LogP contribution in [0.2, 0.25) is 0 Å². The first-order chi connectivity index (χ1) is 4.92. The Labute approximate surface area is 59.4 Å². The zero-order chi connectivity index (χ0) is 6.97. The van der Waals surface area contributed by atoms with Crippen molar-refractivity contribution in [3.8, 4) is 0 Å². The van der Waals surface area contributed by atoms with Crippen molar-refractivity contribution >= 4 is 6.20 Å². The first kappa shape index (κ1) is 5.74. The van der Waals surface area contributed by atoms with Gasteiger partial charge in [-0.15, -0.1) is 0 Å². The lowest BCUT2D eigenvalue weighted by molar-refractivity contribution is 0.283. The van der Waals surface area contributed by atoms with Crippen LogP contribution in [0, 0.1) is 0 Å². The van der Waals surface area contributed by atoms with Gasteiger partial charge in [0.25, 0.3) is 0 Å². The fourth-order valence-electron chi connectivity index (χ4n) is 1.31. The Hall–Kier alpha value is -1.02. The number of fused-ring (bicyclic) bond motifs is 1. The van der Waals surface area contributed by atoms with Crippen LogP contribution in [0.3, 0.4) is 0 Å². The summed E-state index contributed by atoms with van der Waals surface area (Å²) < 4.78 is 2.03. The molecule has 1 N–H and O–H groups in total. The van der Waals surface area contributed by atoms with Gasteiger partial charge in [0, 0.05) is 24.0 Å². The van der Waals surface area contributed by atoms with Crippen molar-refractivity contribution in [2.24, 2.45) is 0 Å². The van der Waals surface area contributed by atoms with E-state index < -0.39 is 0 Å². The van der Waals surface area contributed by atoms with E-state index in [1.807, 2.05) is 35.2 Å². The lowest BCUT2D eigenvalue weighted by Crippen LogP contribution is -1.98. The summed E-state index contributed by atoms with van der Waals surface area (Å²) in [6, 6.07) is 4.02. The van der Waals surface area contributed by atoms with Crippen LogP contribution in [-0.4, -0.2) is 16.3 Å². The van der Waals surface area contributed by atoms with Crippen LogP contribution in [0.4, 0.5) is 0 Å². The fourth-order valence-corrected chi connectivity index (χ4v) is 1.31. The molecular weight excluding hydrogens is 126 g/mol. The summed E-state index contributed by atoms with van der Waals surface area (Å²) in [5, 5.41) is 8.87.